The van der Waals surface area contributed by atoms with E-state index in [1.165, 1.54) is 11.8 Å². The molecule has 2 aromatic heterocycles. The average Bonchev–Trinajstić information content (AvgIpc) is 3.31. The number of para-hydroxylation sites is 1. The number of anilines is 1. The van der Waals surface area contributed by atoms with E-state index in [0.717, 1.165) is 21.3 Å². The minimum Gasteiger partial charge on any atom is -0.268 e. The molecule has 0 atom stereocenters. The molecule has 3 nitrogen and oxygen atoms in total. The van der Waals surface area contributed by atoms with E-state index in [4.69, 9.17) is 12.2 Å². The molecule has 3 aromatic rings. The fourth-order valence-corrected chi connectivity index (χ4v) is 5.14. The largest absolute Gasteiger partial charge is 0.270 e. The Labute approximate surface area is 156 Å². The Hall–Kier alpha value is -1.80. The zero-order chi connectivity index (χ0) is 16.5. The average molecular weight is 387 g/mol. The van der Waals surface area contributed by atoms with E-state index in [1.807, 2.05) is 59.3 Å². The van der Waals surface area contributed by atoms with Crippen LogP contribution in [0.1, 0.15) is 5.69 Å². The van der Waals surface area contributed by atoms with Crippen LogP contribution in [0.25, 0.3) is 16.0 Å². The minimum absolute atomic E-state index is 0.0955. The summed E-state index contributed by atoms with van der Waals surface area (Å²) in [5, 5.41) is 4.96. The Morgan fingerprint density at radius 2 is 1.92 bits per heavy atom. The topological polar surface area (TPSA) is 33.2 Å². The molecule has 0 unspecified atom stereocenters. The fourth-order valence-electron chi connectivity index (χ4n) is 2.27. The summed E-state index contributed by atoms with van der Waals surface area (Å²) in [6.45, 7) is 0. The minimum atomic E-state index is -0.0955. The SMILES string of the molecule is O=C1/C(=C\c2csc(-c3cccs3)n2)SC(=S)N1c1ccccc1. The van der Waals surface area contributed by atoms with Gasteiger partial charge in [0, 0.05) is 5.38 Å². The van der Waals surface area contributed by atoms with Crippen LogP contribution >= 0.6 is 46.7 Å². The summed E-state index contributed by atoms with van der Waals surface area (Å²) in [5.41, 5.74) is 1.58. The Kier molecular flexibility index (Phi) is 4.32. The third kappa shape index (κ3) is 2.95. The van der Waals surface area contributed by atoms with Crippen molar-refractivity contribution in [1.82, 2.24) is 4.98 Å². The number of carbonyl (C=O) groups is 1. The van der Waals surface area contributed by atoms with Crippen molar-refractivity contribution in [2.75, 3.05) is 4.90 Å². The summed E-state index contributed by atoms with van der Waals surface area (Å²) in [6, 6.07) is 13.5. The first-order valence-electron chi connectivity index (χ1n) is 7.05. The molecule has 1 aromatic carbocycles. The van der Waals surface area contributed by atoms with E-state index in [1.54, 1.807) is 27.6 Å². The van der Waals surface area contributed by atoms with Crippen molar-refractivity contribution in [2.45, 2.75) is 0 Å². The first-order chi connectivity index (χ1) is 11.7. The predicted octanol–water partition coefficient (Wildman–Crippen LogP) is 5.28. The highest BCUT2D eigenvalue weighted by molar-refractivity contribution is 8.27. The van der Waals surface area contributed by atoms with Crippen molar-refractivity contribution >= 4 is 68.6 Å². The number of aromatic nitrogens is 1. The van der Waals surface area contributed by atoms with E-state index >= 15 is 0 Å². The maximum atomic E-state index is 12.7. The predicted molar refractivity (Wildman–Crippen MR) is 108 cm³/mol. The van der Waals surface area contributed by atoms with E-state index in [-0.39, 0.29) is 5.91 Å². The number of thiocarbonyl (C=S) groups is 1. The quantitative estimate of drug-likeness (QED) is 0.453. The summed E-state index contributed by atoms with van der Waals surface area (Å²) in [4.78, 5) is 20.6. The molecule has 0 radical (unpaired) electrons. The molecule has 0 spiro atoms. The van der Waals surface area contributed by atoms with E-state index in [2.05, 4.69) is 4.98 Å². The van der Waals surface area contributed by atoms with E-state index in [9.17, 15) is 4.79 Å². The summed E-state index contributed by atoms with van der Waals surface area (Å²) < 4.78 is 0.547. The number of thioether (sulfide) groups is 1. The van der Waals surface area contributed by atoms with Gasteiger partial charge in [0.15, 0.2) is 4.32 Å². The number of thiazole rings is 1. The lowest BCUT2D eigenvalue weighted by Gasteiger charge is -2.13. The van der Waals surface area contributed by atoms with Gasteiger partial charge in [-0.2, -0.15) is 0 Å². The molecule has 3 heterocycles. The summed E-state index contributed by atoms with van der Waals surface area (Å²) >= 11 is 9.92. The molecule has 7 heteroatoms. The first kappa shape index (κ1) is 15.7. The molecule has 1 saturated heterocycles. The van der Waals surface area contributed by atoms with Crippen molar-refractivity contribution in [2.24, 2.45) is 0 Å². The molecule has 1 fully saturated rings. The van der Waals surface area contributed by atoms with Crippen molar-refractivity contribution in [3.8, 4) is 9.88 Å². The van der Waals surface area contributed by atoms with Crippen molar-refractivity contribution in [3.05, 3.63) is 63.8 Å². The van der Waals surface area contributed by atoms with Gasteiger partial charge in [0.1, 0.15) is 5.01 Å². The lowest BCUT2D eigenvalue weighted by molar-refractivity contribution is -0.113. The van der Waals surface area contributed by atoms with Crippen LogP contribution in [0.5, 0.6) is 0 Å². The second-order valence-corrected chi connectivity index (χ2v) is 8.39. The zero-order valence-corrected chi connectivity index (χ0v) is 15.5. The lowest BCUT2D eigenvalue weighted by Crippen LogP contribution is -2.27. The van der Waals surface area contributed by atoms with Gasteiger partial charge < -0.3 is 0 Å². The van der Waals surface area contributed by atoms with Crippen LogP contribution in [0, 0.1) is 0 Å². The van der Waals surface area contributed by atoms with E-state index < -0.39 is 0 Å². The molecule has 1 aliphatic heterocycles. The molecule has 118 valence electrons. The van der Waals surface area contributed by atoms with Crippen LogP contribution in [0.2, 0.25) is 0 Å². The van der Waals surface area contributed by atoms with Gasteiger partial charge in [-0.25, -0.2) is 4.98 Å². The van der Waals surface area contributed by atoms with Crippen LogP contribution in [-0.2, 0) is 4.79 Å². The van der Waals surface area contributed by atoms with E-state index in [0.29, 0.717) is 9.23 Å². The molecule has 4 rings (SSSR count). The molecular weight excluding hydrogens is 376 g/mol. The fraction of sp³-hybridized carbons (Fsp3) is 0. The van der Waals surface area contributed by atoms with Crippen LogP contribution in [0.4, 0.5) is 5.69 Å². The van der Waals surface area contributed by atoms with Gasteiger partial charge in [-0.3, -0.25) is 9.69 Å². The summed E-state index contributed by atoms with van der Waals surface area (Å²) in [5.74, 6) is -0.0955. The van der Waals surface area contributed by atoms with Crippen molar-refractivity contribution < 1.29 is 4.79 Å². The van der Waals surface area contributed by atoms with Crippen LogP contribution in [0.15, 0.2) is 58.1 Å². The van der Waals surface area contributed by atoms with Gasteiger partial charge in [-0.15, -0.1) is 22.7 Å². The van der Waals surface area contributed by atoms with Crippen LogP contribution in [0.3, 0.4) is 0 Å². The highest BCUT2D eigenvalue weighted by Crippen LogP contribution is 2.36. The molecular formula is C17H10N2OS4. The highest BCUT2D eigenvalue weighted by atomic mass is 32.2. The lowest BCUT2D eigenvalue weighted by atomic mass is 10.3. The zero-order valence-electron chi connectivity index (χ0n) is 12.2. The molecule has 1 amide bonds. The Bertz CT molecular complexity index is 929. The number of amides is 1. The smallest absolute Gasteiger partial charge is 0.268 e. The molecule has 0 aliphatic carbocycles. The Balaban J connectivity index is 1.62. The number of thiophene rings is 1. The van der Waals surface area contributed by atoms with Gasteiger partial charge in [0.2, 0.25) is 0 Å². The Morgan fingerprint density at radius 1 is 1.08 bits per heavy atom. The second kappa shape index (κ2) is 6.60. The maximum Gasteiger partial charge on any atom is 0.270 e. The van der Waals surface area contributed by atoms with Gasteiger partial charge >= 0.3 is 0 Å². The first-order valence-corrected chi connectivity index (χ1v) is 10.0. The molecule has 1 aliphatic rings. The monoisotopic (exact) mass is 386 g/mol. The third-order valence-corrected chi connectivity index (χ3v) is 6.54. The third-order valence-electron chi connectivity index (χ3n) is 3.34. The standard InChI is InChI=1S/C17H10N2OS4/c20-16-14(24-17(21)19(16)12-5-2-1-3-6-12)9-11-10-23-15(18-11)13-7-4-8-22-13/h1-10H/b14-9+. The van der Waals surface area contributed by atoms with Gasteiger partial charge in [0.25, 0.3) is 5.91 Å². The normalized spacial score (nSPS) is 16.3. The molecule has 24 heavy (non-hydrogen) atoms. The van der Waals surface area contributed by atoms with Crippen molar-refractivity contribution in [3.63, 3.8) is 0 Å². The number of benzene rings is 1. The van der Waals surface area contributed by atoms with Gasteiger partial charge in [-0.05, 0) is 29.7 Å². The number of rotatable bonds is 3. The molecule has 0 bridgehead atoms. The summed E-state index contributed by atoms with van der Waals surface area (Å²) in [6.07, 6.45) is 1.82. The highest BCUT2D eigenvalue weighted by Gasteiger charge is 2.33. The van der Waals surface area contributed by atoms with Gasteiger partial charge in [0.05, 0.1) is 21.2 Å². The molecule has 0 N–H and O–H groups in total. The van der Waals surface area contributed by atoms with Crippen molar-refractivity contribution in [1.29, 1.82) is 0 Å². The number of hydrogen-bond donors (Lipinski definition) is 0. The summed E-state index contributed by atoms with van der Waals surface area (Å²) in [7, 11) is 0. The Morgan fingerprint density at radius 3 is 2.67 bits per heavy atom. The second-order valence-electron chi connectivity index (χ2n) is 4.91. The van der Waals surface area contributed by atoms with Crippen LogP contribution < -0.4 is 4.90 Å². The van der Waals surface area contributed by atoms with Crippen LogP contribution in [-0.4, -0.2) is 15.2 Å². The molecule has 0 saturated carbocycles. The number of nitrogens with zero attached hydrogens (tertiary/aromatic N) is 2. The maximum absolute atomic E-state index is 12.7. The number of hydrogen-bond acceptors (Lipinski definition) is 6. The number of carbonyl (C=O) groups excluding carboxylic acids is 1. The van der Waals surface area contributed by atoms with Gasteiger partial charge in [-0.1, -0.05) is 48.2 Å².